The van der Waals surface area contributed by atoms with Crippen LogP contribution >= 0.6 is 27.3 Å². The summed E-state index contributed by atoms with van der Waals surface area (Å²) in [6.07, 6.45) is -0.115. The standard InChI is InChI=1S/C5H3BrN4S/c6-5-9-8-2-10(5)4-1-11-3-7-4/h1-3H/i1D,2D,3D. The third-order valence-electron chi connectivity index (χ3n) is 1.01. The molecule has 0 aliphatic heterocycles. The Balaban J connectivity index is 2.65. The summed E-state index contributed by atoms with van der Waals surface area (Å²) in [7, 11) is 0. The van der Waals surface area contributed by atoms with Crippen LogP contribution in [0.3, 0.4) is 0 Å². The quantitative estimate of drug-likeness (QED) is 0.750. The van der Waals surface area contributed by atoms with Gasteiger partial charge in [0.1, 0.15) is 7.67 Å². The second-order valence-corrected chi connectivity index (χ2v) is 2.94. The summed E-state index contributed by atoms with van der Waals surface area (Å²) in [5, 5.41) is 7.22. The van der Waals surface area contributed by atoms with Crippen LogP contribution in [0.15, 0.2) is 21.9 Å². The molecule has 0 radical (unpaired) electrons. The van der Waals surface area contributed by atoms with Crippen LogP contribution in [0.4, 0.5) is 0 Å². The number of rotatable bonds is 1. The second kappa shape index (κ2) is 2.71. The SMILES string of the molecule is [2H]c1nc(-n2c([2H])nnc2Br)c([2H])s1. The molecular formula is C5H3BrN4S. The highest BCUT2D eigenvalue weighted by Gasteiger charge is 2.02. The van der Waals surface area contributed by atoms with Crippen molar-refractivity contribution in [3.8, 4) is 5.82 Å². The van der Waals surface area contributed by atoms with Crippen molar-refractivity contribution in [2.24, 2.45) is 0 Å². The van der Waals surface area contributed by atoms with Crippen LogP contribution in [0.25, 0.3) is 5.82 Å². The molecular weight excluding hydrogens is 228 g/mol. The van der Waals surface area contributed by atoms with Gasteiger partial charge in [0.05, 0.1) is 8.23 Å². The number of hydrogen-bond donors (Lipinski definition) is 0. The van der Waals surface area contributed by atoms with Crippen LogP contribution in [0.1, 0.15) is 4.11 Å². The Kier molecular flexibility index (Phi) is 1.06. The van der Waals surface area contributed by atoms with Gasteiger partial charge < -0.3 is 0 Å². The third kappa shape index (κ3) is 1.19. The number of nitrogens with zero attached hydrogens (tertiary/aromatic N) is 4. The summed E-state index contributed by atoms with van der Waals surface area (Å²) in [5.41, 5.74) is 0.0324. The molecule has 0 atom stereocenters. The number of thiazole rings is 1. The summed E-state index contributed by atoms with van der Waals surface area (Å²) in [6, 6.07) is 0. The summed E-state index contributed by atoms with van der Waals surface area (Å²) in [6.45, 7) is 0. The van der Waals surface area contributed by atoms with Gasteiger partial charge in [-0.1, -0.05) is 0 Å². The fourth-order valence-corrected chi connectivity index (χ4v) is 1.31. The minimum Gasteiger partial charge on any atom is -0.259 e. The number of aromatic nitrogens is 4. The van der Waals surface area contributed by atoms with Crippen molar-refractivity contribution in [1.29, 1.82) is 0 Å². The highest BCUT2D eigenvalue weighted by Crippen LogP contribution is 2.12. The molecule has 0 aliphatic rings. The monoisotopic (exact) mass is 233 g/mol. The van der Waals surface area contributed by atoms with Crippen molar-refractivity contribution < 1.29 is 4.11 Å². The van der Waals surface area contributed by atoms with E-state index in [1.165, 1.54) is 4.57 Å². The first-order chi connectivity index (χ1) is 6.59. The van der Waals surface area contributed by atoms with Crippen LogP contribution < -0.4 is 0 Å². The summed E-state index contributed by atoms with van der Waals surface area (Å²) >= 11 is 4.01. The largest absolute Gasteiger partial charge is 0.259 e. The van der Waals surface area contributed by atoms with E-state index < -0.39 is 0 Å². The fraction of sp³-hybridized carbons (Fsp3) is 0. The smallest absolute Gasteiger partial charge is 0.205 e. The maximum absolute atomic E-state index is 7.52. The molecule has 0 N–H and O–H groups in total. The summed E-state index contributed by atoms with van der Waals surface area (Å²) < 4.78 is 23.8. The Bertz CT molecular complexity index is 462. The molecule has 11 heavy (non-hydrogen) atoms. The summed E-state index contributed by atoms with van der Waals surface area (Å²) in [5.74, 6) is 0.210. The first kappa shape index (κ1) is 4.32. The predicted octanol–water partition coefficient (Wildman–Crippen LogP) is 1.49. The van der Waals surface area contributed by atoms with Gasteiger partial charge in [0, 0.05) is 5.36 Å². The van der Waals surface area contributed by atoms with E-state index in [0.717, 1.165) is 11.3 Å². The molecule has 0 amide bonds. The Morgan fingerprint density at radius 2 is 2.64 bits per heavy atom. The molecule has 0 fully saturated rings. The van der Waals surface area contributed by atoms with Gasteiger partial charge in [0.25, 0.3) is 0 Å². The Morgan fingerprint density at radius 3 is 3.18 bits per heavy atom. The maximum Gasteiger partial charge on any atom is 0.205 e. The van der Waals surface area contributed by atoms with Crippen molar-refractivity contribution in [3.63, 3.8) is 0 Å². The Labute approximate surface area is 79.3 Å². The van der Waals surface area contributed by atoms with E-state index in [1.807, 2.05) is 0 Å². The molecule has 2 aromatic rings. The zero-order valence-corrected chi connectivity index (χ0v) is 7.48. The van der Waals surface area contributed by atoms with Crippen LogP contribution in [0, 0.1) is 0 Å². The lowest BCUT2D eigenvalue weighted by Gasteiger charge is -1.93. The van der Waals surface area contributed by atoms with Gasteiger partial charge in [-0.25, -0.2) is 4.98 Å². The van der Waals surface area contributed by atoms with E-state index in [1.54, 1.807) is 0 Å². The molecule has 0 aromatic carbocycles. The molecule has 0 unspecified atom stereocenters. The van der Waals surface area contributed by atoms with E-state index in [-0.39, 0.29) is 23.0 Å². The van der Waals surface area contributed by atoms with Crippen LogP contribution in [0.2, 0.25) is 0 Å². The molecule has 6 heteroatoms. The van der Waals surface area contributed by atoms with Gasteiger partial charge in [0.2, 0.25) is 4.73 Å². The van der Waals surface area contributed by atoms with E-state index in [0.29, 0.717) is 4.73 Å². The van der Waals surface area contributed by atoms with E-state index in [4.69, 9.17) is 4.11 Å². The predicted molar refractivity (Wildman–Crippen MR) is 44.7 cm³/mol. The van der Waals surface area contributed by atoms with Gasteiger partial charge in [-0.15, -0.1) is 21.5 Å². The maximum atomic E-state index is 7.52. The minimum absolute atomic E-state index is 0.0324. The average molecular weight is 234 g/mol. The summed E-state index contributed by atoms with van der Waals surface area (Å²) in [4.78, 5) is 3.80. The van der Waals surface area contributed by atoms with Gasteiger partial charge >= 0.3 is 0 Å². The van der Waals surface area contributed by atoms with Crippen molar-refractivity contribution in [2.45, 2.75) is 0 Å². The zero-order valence-electron chi connectivity index (χ0n) is 8.08. The Morgan fingerprint density at radius 1 is 1.73 bits per heavy atom. The topological polar surface area (TPSA) is 43.6 Å². The number of halogens is 1. The molecule has 2 aromatic heterocycles. The molecule has 4 nitrogen and oxygen atoms in total. The molecule has 0 saturated heterocycles. The first-order valence-electron chi connectivity index (χ1n) is 4.11. The van der Waals surface area contributed by atoms with E-state index in [2.05, 4.69) is 31.1 Å². The molecule has 0 saturated carbocycles. The molecule has 2 rings (SSSR count). The van der Waals surface area contributed by atoms with Gasteiger partial charge in [-0.05, 0) is 15.9 Å². The lowest BCUT2D eigenvalue weighted by Crippen LogP contribution is -1.91. The molecule has 0 spiro atoms. The molecule has 0 bridgehead atoms. The average Bonchev–Trinajstić information content (AvgIpc) is 2.57. The van der Waals surface area contributed by atoms with Crippen molar-refractivity contribution >= 4 is 27.3 Å². The lowest BCUT2D eigenvalue weighted by atomic mass is 10.7. The van der Waals surface area contributed by atoms with Crippen molar-refractivity contribution in [2.75, 3.05) is 0 Å². The Hall–Kier alpha value is -0.750. The van der Waals surface area contributed by atoms with Gasteiger partial charge in [0.15, 0.2) is 5.82 Å². The zero-order chi connectivity index (χ0) is 10.3. The van der Waals surface area contributed by atoms with Gasteiger partial charge in [-0.3, -0.25) is 4.57 Å². The van der Waals surface area contributed by atoms with Crippen molar-refractivity contribution in [1.82, 2.24) is 19.7 Å². The second-order valence-electron chi connectivity index (χ2n) is 1.64. The molecule has 2 heterocycles. The number of hydrogen-bond acceptors (Lipinski definition) is 4. The van der Waals surface area contributed by atoms with Crippen LogP contribution in [0.5, 0.6) is 0 Å². The normalized spacial score (nSPS) is 14.1. The highest BCUT2D eigenvalue weighted by molar-refractivity contribution is 9.10. The molecule has 56 valence electrons. The van der Waals surface area contributed by atoms with Crippen LogP contribution in [-0.2, 0) is 0 Å². The van der Waals surface area contributed by atoms with E-state index >= 15 is 0 Å². The fourth-order valence-electron chi connectivity index (χ4n) is 0.582. The lowest BCUT2D eigenvalue weighted by molar-refractivity contribution is 0.975. The van der Waals surface area contributed by atoms with E-state index in [9.17, 15) is 0 Å². The van der Waals surface area contributed by atoms with Crippen molar-refractivity contribution in [3.05, 3.63) is 21.9 Å². The molecule has 0 aliphatic carbocycles. The third-order valence-corrected chi connectivity index (χ3v) is 1.99. The highest BCUT2D eigenvalue weighted by atomic mass is 79.9. The van der Waals surface area contributed by atoms with Crippen LogP contribution in [-0.4, -0.2) is 19.7 Å². The van der Waals surface area contributed by atoms with Gasteiger partial charge in [-0.2, -0.15) is 0 Å². The first-order valence-corrected chi connectivity index (χ1v) is 4.22. The minimum atomic E-state index is -0.115.